The van der Waals surface area contributed by atoms with Crippen molar-refractivity contribution in [2.24, 2.45) is 0 Å². The van der Waals surface area contributed by atoms with Crippen molar-refractivity contribution >= 4 is 11.9 Å². The summed E-state index contributed by atoms with van der Waals surface area (Å²) >= 11 is 0. The third kappa shape index (κ3) is 12.4. The lowest BCUT2D eigenvalue weighted by atomic mass is 10.0. The van der Waals surface area contributed by atoms with Crippen molar-refractivity contribution < 1.29 is 27.8 Å². The van der Waals surface area contributed by atoms with Gasteiger partial charge in [0.25, 0.3) is 0 Å². The summed E-state index contributed by atoms with van der Waals surface area (Å²) in [5.74, 6) is -3.29. The lowest BCUT2D eigenvalue weighted by Gasteiger charge is -2.10. The minimum atomic E-state index is -1.01. The Labute approximate surface area is 220 Å². The van der Waals surface area contributed by atoms with Crippen molar-refractivity contribution in [3.05, 3.63) is 70.8 Å². The number of esters is 2. The summed E-state index contributed by atoms with van der Waals surface area (Å²) in [5.41, 5.74) is 0.518. The van der Waals surface area contributed by atoms with Gasteiger partial charge in [-0.15, -0.1) is 0 Å². The maximum Gasteiger partial charge on any atom is 0.339 e. The smallest absolute Gasteiger partial charge is 0.339 e. The SMILES string of the molecule is CCCCCCCCCCCCCCCCOC(=O)c1ccccc1C(=O)OCc1ccc(F)c(F)c1. The van der Waals surface area contributed by atoms with Crippen LogP contribution in [0.25, 0.3) is 0 Å². The molecule has 0 saturated heterocycles. The Balaban J connectivity index is 1.58. The van der Waals surface area contributed by atoms with Crippen LogP contribution in [-0.2, 0) is 16.1 Å². The van der Waals surface area contributed by atoms with Crippen LogP contribution in [0.4, 0.5) is 8.78 Å². The predicted molar refractivity (Wildman–Crippen MR) is 143 cm³/mol. The van der Waals surface area contributed by atoms with Crippen molar-refractivity contribution in [2.45, 2.75) is 103 Å². The molecule has 0 atom stereocenters. The average Bonchev–Trinajstić information content (AvgIpc) is 2.91. The Morgan fingerprint density at radius 1 is 0.622 bits per heavy atom. The number of carbonyl (C=O) groups excluding carboxylic acids is 2. The molecule has 0 fully saturated rings. The maximum absolute atomic E-state index is 13.4. The lowest BCUT2D eigenvalue weighted by molar-refractivity contribution is 0.0436. The Bertz CT molecular complexity index is 945. The Morgan fingerprint density at radius 3 is 1.62 bits per heavy atom. The van der Waals surface area contributed by atoms with Crippen LogP contribution in [0.1, 0.15) is 123 Å². The van der Waals surface area contributed by atoms with Gasteiger partial charge in [-0.25, -0.2) is 18.4 Å². The summed E-state index contributed by atoms with van der Waals surface area (Å²) in [5, 5.41) is 0. The van der Waals surface area contributed by atoms with Gasteiger partial charge in [-0.1, -0.05) is 109 Å². The molecular formula is C31H42F2O4. The topological polar surface area (TPSA) is 52.6 Å². The van der Waals surface area contributed by atoms with Crippen LogP contribution in [-0.4, -0.2) is 18.5 Å². The third-order valence-electron chi connectivity index (χ3n) is 6.45. The number of hydrogen-bond acceptors (Lipinski definition) is 4. The van der Waals surface area contributed by atoms with E-state index in [1.54, 1.807) is 12.1 Å². The van der Waals surface area contributed by atoms with Crippen LogP contribution in [0.5, 0.6) is 0 Å². The predicted octanol–water partition coefficient (Wildman–Crippen LogP) is 8.96. The summed E-state index contributed by atoms with van der Waals surface area (Å²) in [6, 6.07) is 9.55. The first-order chi connectivity index (χ1) is 18.0. The molecule has 0 aromatic heterocycles. The number of unbranched alkanes of at least 4 members (excludes halogenated alkanes) is 13. The highest BCUT2D eigenvalue weighted by atomic mass is 19.2. The molecule has 2 aromatic carbocycles. The number of rotatable bonds is 19. The first kappa shape index (κ1) is 30.5. The Morgan fingerprint density at radius 2 is 1.11 bits per heavy atom. The fraction of sp³-hybridized carbons (Fsp3) is 0.548. The van der Waals surface area contributed by atoms with Crippen molar-refractivity contribution in [2.75, 3.05) is 6.61 Å². The van der Waals surface area contributed by atoms with Crippen LogP contribution in [0.15, 0.2) is 42.5 Å². The molecule has 37 heavy (non-hydrogen) atoms. The molecule has 0 heterocycles. The van der Waals surface area contributed by atoms with Crippen LogP contribution < -0.4 is 0 Å². The van der Waals surface area contributed by atoms with E-state index in [0.29, 0.717) is 12.2 Å². The molecule has 204 valence electrons. The van der Waals surface area contributed by atoms with Gasteiger partial charge in [0.15, 0.2) is 11.6 Å². The van der Waals surface area contributed by atoms with E-state index in [0.717, 1.165) is 31.4 Å². The maximum atomic E-state index is 13.4. The zero-order valence-corrected chi connectivity index (χ0v) is 22.2. The molecule has 4 nitrogen and oxygen atoms in total. The van der Waals surface area contributed by atoms with E-state index >= 15 is 0 Å². The van der Waals surface area contributed by atoms with Crippen molar-refractivity contribution in [1.82, 2.24) is 0 Å². The molecule has 6 heteroatoms. The molecule has 0 bridgehead atoms. The first-order valence-electron chi connectivity index (χ1n) is 13.9. The summed E-state index contributed by atoms with van der Waals surface area (Å²) < 4.78 is 37.0. The van der Waals surface area contributed by atoms with E-state index < -0.39 is 23.6 Å². The summed E-state index contributed by atoms with van der Waals surface area (Å²) in [7, 11) is 0. The minimum absolute atomic E-state index is 0.0797. The van der Waals surface area contributed by atoms with E-state index in [1.807, 2.05) is 0 Å². The summed E-state index contributed by atoms with van der Waals surface area (Å²) in [4.78, 5) is 25.0. The molecule has 2 aromatic rings. The van der Waals surface area contributed by atoms with E-state index in [4.69, 9.17) is 9.47 Å². The van der Waals surface area contributed by atoms with Crippen molar-refractivity contribution in [3.63, 3.8) is 0 Å². The number of ether oxygens (including phenoxy) is 2. The highest BCUT2D eigenvalue weighted by Crippen LogP contribution is 2.16. The molecule has 0 N–H and O–H groups in total. The number of hydrogen-bond donors (Lipinski definition) is 0. The van der Waals surface area contributed by atoms with Crippen LogP contribution in [0.3, 0.4) is 0 Å². The Kier molecular flexibility index (Phi) is 15.2. The molecule has 0 unspecified atom stereocenters. The standard InChI is InChI=1S/C31H42F2O4/c1-2-3-4-5-6-7-8-9-10-11-12-13-14-17-22-36-30(34)26-18-15-16-19-27(26)31(35)37-24-25-20-21-28(32)29(33)23-25/h15-16,18-21,23H,2-14,17,22,24H2,1H3. The highest BCUT2D eigenvalue weighted by molar-refractivity contribution is 6.03. The largest absolute Gasteiger partial charge is 0.462 e. The monoisotopic (exact) mass is 516 g/mol. The van der Waals surface area contributed by atoms with E-state index in [-0.39, 0.29) is 17.7 Å². The molecule has 0 amide bonds. The second kappa shape index (κ2) is 18.5. The molecule has 0 aliphatic rings. The van der Waals surface area contributed by atoms with Gasteiger partial charge in [-0.3, -0.25) is 0 Å². The van der Waals surface area contributed by atoms with Gasteiger partial charge in [-0.2, -0.15) is 0 Å². The molecular weight excluding hydrogens is 474 g/mol. The molecule has 0 aliphatic carbocycles. The van der Waals surface area contributed by atoms with Crippen molar-refractivity contribution in [1.29, 1.82) is 0 Å². The van der Waals surface area contributed by atoms with Crippen LogP contribution in [0.2, 0.25) is 0 Å². The van der Waals surface area contributed by atoms with E-state index in [1.165, 1.54) is 88.8 Å². The number of benzene rings is 2. The van der Waals surface area contributed by atoms with Gasteiger partial charge in [0.1, 0.15) is 6.61 Å². The molecule has 0 saturated carbocycles. The van der Waals surface area contributed by atoms with Gasteiger partial charge in [0.2, 0.25) is 0 Å². The molecule has 0 spiro atoms. The Hall–Kier alpha value is -2.76. The molecule has 0 radical (unpaired) electrons. The molecule has 0 aliphatic heterocycles. The second-order valence-electron chi connectivity index (χ2n) is 9.60. The summed E-state index contributed by atoms with van der Waals surface area (Å²) in [6.45, 7) is 2.31. The minimum Gasteiger partial charge on any atom is -0.462 e. The van der Waals surface area contributed by atoms with Gasteiger partial charge in [-0.05, 0) is 36.2 Å². The normalized spacial score (nSPS) is 10.9. The zero-order chi connectivity index (χ0) is 26.7. The fourth-order valence-corrected chi connectivity index (χ4v) is 4.23. The van der Waals surface area contributed by atoms with E-state index in [2.05, 4.69) is 6.92 Å². The second-order valence-corrected chi connectivity index (χ2v) is 9.60. The average molecular weight is 517 g/mol. The quantitative estimate of drug-likeness (QED) is 0.138. The number of carbonyl (C=O) groups is 2. The lowest BCUT2D eigenvalue weighted by Crippen LogP contribution is -2.14. The number of halogens is 2. The van der Waals surface area contributed by atoms with Gasteiger partial charge < -0.3 is 9.47 Å². The highest BCUT2D eigenvalue weighted by Gasteiger charge is 2.19. The first-order valence-corrected chi connectivity index (χ1v) is 13.9. The third-order valence-corrected chi connectivity index (χ3v) is 6.45. The van der Waals surface area contributed by atoms with Gasteiger partial charge in [0, 0.05) is 0 Å². The van der Waals surface area contributed by atoms with Crippen LogP contribution >= 0.6 is 0 Å². The zero-order valence-electron chi connectivity index (χ0n) is 22.2. The van der Waals surface area contributed by atoms with Gasteiger partial charge in [0.05, 0.1) is 17.7 Å². The summed E-state index contributed by atoms with van der Waals surface area (Å²) in [6.07, 6.45) is 17.5. The fourth-order valence-electron chi connectivity index (χ4n) is 4.23. The van der Waals surface area contributed by atoms with Crippen LogP contribution in [0, 0.1) is 11.6 Å². The van der Waals surface area contributed by atoms with Crippen molar-refractivity contribution in [3.8, 4) is 0 Å². The van der Waals surface area contributed by atoms with E-state index in [9.17, 15) is 18.4 Å². The molecule has 2 rings (SSSR count). The van der Waals surface area contributed by atoms with Gasteiger partial charge >= 0.3 is 11.9 Å².